The van der Waals surface area contributed by atoms with Crippen molar-refractivity contribution in [3.05, 3.63) is 41.5 Å². The maximum absolute atomic E-state index is 13.8. The number of rotatable bonds is 4. The van der Waals surface area contributed by atoms with Crippen LogP contribution in [0.4, 0.5) is 8.78 Å². The largest absolute Gasteiger partial charge is 0.490 e. The average Bonchev–Trinajstić information content (AvgIpc) is 2.33. The summed E-state index contributed by atoms with van der Waals surface area (Å²) in [6, 6.07) is 6.01. The third-order valence-electron chi connectivity index (χ3n) is 2.92. The van der Waals surface area contributed by atoms with E-state index in [-0.39, 0.29) is 11.6 Å². The van der Waals surface area contributed by atoms with E-state index in [1.54, 1.807) is 19.1 Å². The number of halogens is 2. The van der Waals surface area contributed by atoms with Gasteiger partial charge in [-0.2, -0.15) is 0 Å². The molecule has 0 fully saturated rings. The van der Waals surface area contributed by atoms with Gasteiger partial charge in [-0.3, -0.25) is 0 Å². The van der Waals surface area contributed by atoms with Crippen LogP contribution in [0.2, 0.25) is 0 Å². The predicted molar refractivity (Wildman–Crippen MR) is 69.0 cm³/mol. The van der Waals surface area contributed by atoms with Gasteiger partial charge in [0, 0.05) is 0 Å². The monoisotopic (exact) mass is 250 g/mol. The number of ether oxygens (including phenoxy) is 1. The van der Waals surface area contributed by atoms with Crippen LogP contribution in [0.3, 0.4) is 0 Å². The maximum Gasteiger partial charge on any atom is 0.165 e. The zero-order valence-corrected chi connectivity index (χ0v) is 10.6. The maximum atomic E-state index is 13.8. The molecule has 0 bridgehead atoms. The molecule has 0 aliphatic heterocycles. The highest BCUT2D eigenvalue weighted by Gasteiger charge is 2.08. The zero-order chi connectivity index (χ0) is 13.1. The highest BCUT2D eigenvalue weighted by atomic mass is 19.1. The second kappa shape index (κ2) is 5.34. The van der Waals surface area contributed by atoms with E-state index < -0.39 is 5.82 Å². The minimum absolute atomic E-state index is 0.194. The van der Waals surface area contributed by atoms with Gasteiger partial charge in [0.1, 0.15) is 5.82 Å². The molecule has 0 atom stereocenters. The van der Waals surface area contributed by atoms with E-state index in [4.69, 9.17) is 4.74 Å². The van der Waals surface area contributed by atoms with E-state index in [0.29, 0.717) is 22.9 Å². The molecule has 2 aromatic carbocycles. The number of aryl methyl sites for hydroxylation is 1. The molecule has 2 rings (SSSR count). The van der Waals surface area contributed by atoms with Gasteiger partial charge in [0.25, 0.3) is 0 Å². The number of unbranched alkanes of at least 4 members (excludes halogenated alkanes) is 1. The van der Waals surface area contributed by atoms with Crippen molar-refractivity contribution in [1.29, 1.82) is 0 Å². The Bertz CT molecular complexity index is 564. The summed E-state index contributed by atoms with van der Waals surface area (Å²) in [5, 5.41) is 1.35. The Morgan fingerprint density at radius 2 is 1.67 bits per heavy atom. The van der Waals surface area contributed by atoms with E-state index in [9.17, 15) is 8.78 Å². The van der Waals surface area contributed by atoms with Crippen molar-refractivity contribution < 1.29 is 13.5 Å². The lowest BCUT2D eigenvalue weighted by molar-refractivity contribution is 0.295. The topological polar surface area (TPSA) is 9.23 Å². The summed E-state index contributed by atoms with van der Waals surface area (Å²) in [6.07, 6.45) is 1.86. The van der Waals surface area contributed by atoms with Gasteiger partial charge in [-0.15, -0.1) is 0 Å². The average molecular weight is 250 g/mol. The number of fused-ring (bicyclic) bond motifs is 1. The van der Waals surface area contributed by atoms with Gasteiger partial charge in [-0.1, -0.05) is 13.3 Å². The Labute approximate surface area is 105 Å². The highest BCUT2D eigenvalue weighted by Crippen LogP contribution is 2.27. The highest BCUT2D eigenvalue weighted by molar-refractivity contribution is 5.84. The summed E-state index contributed by atoms with van der Waals surface area (Å²) in [5.74, 6) is -0.488. The van der Waals surface area contributed by atoms with Crippen molar-refractivity contribution in [2.75, 3.05) is 6.61 Å². The third-order valence-corrected chi connectivity index (χ3v) is 2.92. The summed E-state index contributed by atoms with van der Waals surface area (Å²) >= 11 is 0. The normalized spacial score (nSPS) is 10.9. The summed E-state index contributed by atoms with van der Waals surface area (Å²) < 4.78 is 32.6. The van der Waals surface area contributed by atoms with Crippen molar-refractivity contribution in [1.82, 2.24) is 0 Å². The molecular formula is C15H16F2O. The first-order chi connectivity index (χ1) is 8.61. The van der Waals surface area contributed by atoms with Crippen LogP contribution >= 0.6 is 0 Å². The molecule has 0 saturated carbocycles. The van der Waals surface area contributed by atoms with Crippen LogP contribution in [-0.2, 0) is 0 Å². The van der Waals surface area contributed by atoms with Gasteiger partial charge in [0.15, 0.2) is 11.6 Å². The van der Waals surface area contributed by atoms with Gasteiger partial charge in [-0.25, -0.2) is 8.78 Å². The molecule has 2 aromatic rings. The van der Waals surface area contributed by atoms with Crippen molar-refractivity contribution in [3.63, 3.8) is 0 Å². The fourth-order valence-corrected chi connectivity index (χ4v) is 1.82. The lowest BCUT2D eigenvalue weighted by atomic mass is 10.1. The molecule has 0 radical (unpaired) electrons. The third kappa shape index (κ3) is 2.61. The Kier molecular flexibility index (Phi) is 3.80. The Balaban J connectivity index is 2.38. The Hall–Kier alpha value is -1.64. The first-order valence-electron chi connectivity index (χ1n) is 6.14. The fraction of sp³-hybridized carbons (Fsp3) is 0.333. The Morgan fingerprint density at radius 3 is 2.39 bits per heavy atom. The summed E-state index contributed by atoms with van der Waals surface area (Å²) in [5.41, 5.74) is 0.515. The number of hydrogen-bond acceptors (Lipinski definition) is 1. The first kappa shape index (κ1) is 12.8. The van der Waals surface area contributed by atoms with Crippen molar-refractivity contribution >= 4 is 10.8 Å². The fourth-order valence-electron chi connectivity index (χ4n) is 1.82. The zero-order valence-electron chi connectivity index (χ0n) is 10.6. The lowest BCUT2D eigenvalue weighted by Gasteiger charge is -2.09. The van der Waals surface area contributed by atoms with E-state index in [0.717, 1.165) is 12.8 Å². The lowest BCUT2D eigenvalue weighted by Crippen LogP contribution is -1.99. The molecule has 1 nitrogen and oxygen atoms in total. The minimum atomic E-state index is -0.399. The first-order valence-corrected chi connectivity index (χ1v) is 6.14. The van der Waals surface area contributed by atoms with Crippen LogP contribution in [0.5, 0.6) is 5.75 Å². The van der Waals surface area contributed by atoms with Gasteiger partial charge >= 0.3 is 0 Å². The molecule has 0 N–H and O–H groups in total. The van der Waals surface area contributed by atoms with E-state index in [1.807, 2.05) is 6.92 Å². The molecule has 0 amide bonds. The number of hydrogen-bond donors (Lipinski definition) is 0. The summed E-state index contributed by atoms with van der Waals surface area (Å²) in [6.45, 7) is 4.18. The molecule has 0 unspecified atom stereocenters. The van der Waals surface area contributed by atoms with Crippen LogP contribution in [0, 0.1) is 18.6 Å². The molecule has 18 heavy (non-hydrogen) atoms. The molecule has 0 aliphatic carbocycles. The molecule has 0 saturated heterocycles. The van der Waals surface area contributed by atoms with Gasteiger partial charge in [0.05, 0.1) is 6.61 Å². The minimum Gasteiger partial charge on any atom is -0.490 e. The molecule has 3 heteroatoms. The summed E-state index contributed by atoms with van der Waals surface area (Å²) in [4.78, 5) is 0. The van der Waals surface area contributed by atoms with Gasteiger partial charge in [-0.05, 0) is 53.9 Å². The van der Waals surface area contributed by atoms with Gasteiger partial charge in [0.2, 0.25) is 0 Å². The van der Waals surface area contributed by atoms with Gasteiger partial charge < -0.3 is 4.74 Å². The second-order valence-corrected chi connectivity index (χ2v) is 4.43. The molecule has 0 spiro atoms. The standard InChI is InChI=1S/C15H16F2O/c1-3-4-5-18-15-9-12-7-13(16)10(2)6-11(12)8-14(15)17/h6-9H,3-5H2,1-2H3. The predicted octanol–water partition coefficient (Wildman–Crippen LogP) is 4.61. The van der Waals surface area contributed by atoms with E-state index in [1.165, 1.54) is 12.1 Å². The second-order valence-electron chi connectivity index (χ2n) is 4.43. The molecule has 96 valence electrons. The van der Waals surface area contributed by atoms with Crippen molar-refractivity contribution in [2.45, 2.75) is 26.7 Å². The van der Waals surface area contributed by atoms with Crippen LogP contribution < -0.4 is 4.74 Å². The van der Waals surface area contributed by atoms with Crippen LogP contribution in [0.25, 0.3) is 10.8 Å². The smallest absolute Gasteiger partial charge is 0.165 e. The number of benzene rings is 2. The molecule has 0 aliphatic rings. The Morgan fingerprint density at radius 1 is 1.00 bits per heavy atom. The SMILES string of the molecule is CCCCOc1cc2cc(F)c(C)cc2cc1F. The van der Waals surface area contributed by atoms with Crippen molar-refractivity contribution in [2.24, 2.45) is 0 Å². The molecule has 0 aromatic heterocycles. The van der Waals surface area contributed by atoms with Crippen LogP contribution in [0.15, 0.2) is 24.3 Å². The summed E-state index contributed by atoms with van der Waals surface area (Å²) in [7, 11) is 0. The van der Waals surface area contributed by atoms with E-state index >= 15 is 0 Å². The van der Waals surface area contributed by atoms with Crippen LogP contribution in [-0.4, -0.2) is 6.61 Å². The van der Waals surface area contributed by atoms with Crippen molar-refractivity contribution in [3.8, 4) is 5.75 Å². The van der Waals surface area contributed by atoms with Crippen LogP contribution in [0.1, 0.15) is 25.3 Å². The molecular weight excluding hydrogens is 234 g/mol. The molecule has 0 heterocycles. The quantitative estimate of drug-likeness (QED) is 0.720. The van der Waals surface area contributed by atoms with E-state index in [2.05, 4.69) is 0 Å².